The summed E-state index contributed by atoms with van der Waals surface area (Å²) in [5.41, 5.74) is 3.23. The number of esters is 1. The Morgan fingerprint density at radius 2 is 1.68 bits per heavy atom. The number of halogens is 1. The third-order valence-electron chi connectivity index (χ3n) is 3.90. The van der Waals surface area contributed by atoms with E-state index in [1.807, 2.05) is 50.2 Å². The maximum atomic E-state index is 11.9. The molecule has 0 heterocycles. The van der Waals surface area contributed by atoms with Crippen LogP contribution in [0.3, 0.4) is 0 Å². The van der Waals surface area contributed by atoms with Crippen molar-refractivity contribution in [2.24, 2.45) is 0 Å². The molecule has 2 aromatic rings. The van der Waals surface area contributed by atoms with Crippen molar-refractivity contribution in [2.75, 3.05) is 6.61 Å². The molecule has 0 unspecified atom stereocenters. The molecule has 134 valence electrons. The number of benzene rings is 2. The highest BCUT2D eigenvalue weighted by atomic mass is 35.5. The fraction of sp³-hybridized carbons (Fsp3) is 0.381. The Morgan fingerprint density at radius 3 is 2.28 bits per heavy atom. The fourth-order valence-corrected chi connectivity index (χ4v) is 2.70. The van der Waals surface area contributed by atoms with Crippen LogP contribution in [-0.2, 0) is 11.2 Å². The van der Waals surface area contributed by atoms with E-state index in [4.69, 9.17) is 21.1 Å². The molecular formula is C21H25ClO3. The number of carbonyl (C=O) groups excluding carboxylic acids is 1. The minimum absolute atomic E-state index is 0.240. The highest BCUT2D eigenvalue weighted by molar-refractivity contribution is 6.32. The summed E-state index contributed by atoms with van der Waals surface area (Å²) in [4.78, 5) is 11.9. The Kier molecular flexibility index (Phi) is 7.32. The number of ether oxygens (including phenoxy) is 2. The van der Waals surface area contributed by atoms with E-state index < -0.39 is 0 Å². The molecule has 0 radical (unpaired) electrons. The summed E-state index contributed by atoms with van der Waals surface area (Å²) in [7, 11) is 0. The molecule has 4 heteroatoms. The second-order valence-corrected chi connectivity index (χ2v) is 6.57. The Balaban J connectivity index is 1.73. The maximum Gasteiger partial charge on any atom is 0.311 e. The van der Waals surface area contributed by atoms with Crippen LogP contribution >= 0.6 is 11.6 Å². The standard InChI is InChI=1S/C21H25ClO3/c1-4-6-17-8-10-18(11-9-17)25-20(23)7-5-12-24-19-13-15(2)21(22)16(3)14-19/h8-11,13-14H,4-7,12H2,1-3H3. The first kappa shape index (κ1) is 19.3. The molecule has 2 rings (SSSR count). The molecule has 0 aliphatic carbocycles. The zero-order chi connectivity index (χ0) is 18.2. The van der Waals surface area contributed by atoms with Crippen LogP contribution in [0.15, 0.2) is 36.4 Å². The lowest BCUT2D eigenvalue weighted by atomic mass is 10.1. The van der Waals surface area contributed by atoms with Crippen LogP contribution < -0.4 is 9.47 Å². The Morgan fingerprint density at radius 1 is 1.04 bits per heavy atom. The zero-order valence-corrected chi connectivity index (χ0v) is 15.9. The number of rotatable bonds is 8. The first-order chi connectivity index (χ1) is 12.0. The van der Waals surface area contributed by atoms with E-state index in [0.29, 0.717) is 25.2 Å². The van der Waals surface area contributed by atoms with E-state index in [1.54, 1.807) is 0 Å². The van der Waals surface area contributed by atoms with Gasteiger partial charge in [-0.25, -0.2) is 0 Å². The lowest BCUT2D eigenvalue weighted by Crippen LogP contribution is -2.10. The lowest BCUT2D eigenvalue weighted by Gasteiger charge is -2.10. The molecule has 3 nitrogen and oxygen atoms in total. The van der Waals surface area contributed by atoms with Gasteiger partial charge in [-0.2, -0.15) is 0 Å². The van der Waals surface area contributed by atoms with Gasteiger partial charge < -0.3 is 9.47 Å². The van der Waals surface area contributed by atoms with Gasteiger partial charge in [0.25, 0.3) is 0 Å². The minimum Gasteiger partial charge on any atom is -0.494 e. The van der Waals surface area contributed by atoms with E-state index in [9.17, 15) is 4.79 Å². The molecule has 0 spiro atoms. The minimum atomic E-state index is -0.240. The number of carbonyl (C=O) groups is 1. The summed E-state index contributed by atoms with van der Waals surface area (Å²) in [6, 6.07) is 11.5. The number of hydrogen-bond donors (Lipinski definition) is 0. The van der Waals surface area contributed by atoms with Gasteiger partial charge in [0.15, 0.2) is 0 Å². The van der Waals surface area contributed by atoms with Crippen LogP contribution in [0.2, 0.25) is 5.02 Å². The smallest absolute Gasteiger partial charge is 0.311 e. The van der Waals surface area contributed by atoms with Crippen LogP contribution in [0.4, 0.5) is 0 Å². The van der Waals surface area contributed by atoms with Gasteiger partial charge in [-0.05, 0) is 67.6 Å². The topological polar surface area (TPSA) is 35.5 Å². The van der Waals surface area contributed by atoms with Crippen molar-refractivity contribution < 1.29 is 14.3 Å². The molecule has 0 saturated carbocycles. The Labute approximate surface area is 154 Å². The second-order valence-electron chi connectivity index (χ2n) is 6.19. The van der Waals surface area contributed by atoms with Crippen molar-refractivity contribution in [1.82, 2.24) is 0 Å². The summed E-state index contributed by atoms with van der Waals surface area (Å²) >= 11 is 6.14. The average Bonchev–Trinajstić information content (AvgIpc) is 2.58. The Bertz CT molecular complexity index is 685. The van der Waals surface area contributed by atoms with Crippen LogP contribution in [0.25, 0.3) is 0 Å². The summed E-state index contributed by atoms with van der Waals surface area (Å²) in [6.45, 7) is 6.50. The highest BCUT2D eigenvalue weighted by Crippen LogP contribution is 2.26. The molecule has 0 bridgehead atoms. The van der Waals surface area contributed by atoms with Gasteiger partial charge in [-0.1, -0.05) is 37.1 Å². The summed E-state index contributed by atoms with van der Waals surface area (Å²) in [5, 5.41) is 0.765. The summed E-state index contributed by atoms with van der Waals surface area (Å²) in [6.07, 6.45) is 3.07. The average molecular weight is 361 g/mol. The van der Waals surface area contributed by atoms with Gasteiger partial charge in [-0.3, -0.25) is 4.79 Å². The summed E-state index contributed by atoms with van der Waals surface area (Å²) in [5.74, 6) is 1.13. The van der Waals surface area contributed by atoms with E-state index in [0.717, 1.165) is 34.7 Å². The van der Waals surface area contributed by atoms with Crippen molar-refractivity contribution >= 4 is 17.6 Å². The van der Waals surface area contributed by atoms with Crippen LogP contribution in [0.5, 0.6) is 11.5 Å². The molecule has 0 aliphatic rings. The van der Waals surface area contributed by atoms with Gasteiger partial charge in [-0.15, -0.1) is 0 Å². The maximum absolute atomic E-state index is 11.9. The molecule has 0 amide bonds. The van der Waals surface area contributed by atoms with E-state index in [-0.39, 0.29) is 5.97 Å². The van der Waals surface area contributed by atoms with E-state index in [2.05, 4.69) is 6.92 Å². The second kappa shape index (κ2) is 9.47. The van der Waals surface area contributed by atoms with Gasteiger partial charge in [0, 0.05) is 11.4 Å². The van der Waals surface area contributed by atoms with Crippen molar-refractivity contribution in [3.63, 3.8) is 0 Å². The van der Waals surface area contributed by atoms with Crippen molar-refractivity contribution in [2.45, 2.75) is 46.5 Å². The van der Waals surface area contributed by atoms with Gasteiger partial charge in [0.2, 0.25) is 0 Å². The SMILES string of the molecule is CCCc1ccc(OC(=O)CCCOc2cc(C)c(Cl)c(C)c2)cc1. The largest absolute Gasteiger partial charge is 0.494 e. The van der Waals surface area contributed by atoms with Crippen LogP contribution in [-0.4, -0.2) is 12.6 Å². The number of aryl methyl sites for hydroxylation is 3. The lowest BCUT2D eigenvalue weighted by molar-refractivity contribution is -0.134. The van der Waals surface area contributed by atoms with Crippen LogP contribution in [0.1, 0.15) is 42.9 Å². The predicted octanol–water partition coefficient (Wildman–Crippen LogP) is 5.67. The molecule has 25 heavy (non-hydrogen) atoms. The quantitative estimate of drug-likeness (QED) is 0.345. The van der Waals surface area contributed by atoms with E-state index in [1.165, 1.54) is 5.56 Å². The van der Waals surface area contributed by atoms with E-state index >= 15 is 0 Å². The monoisotopic (exact) mass is 360 g/mol. The molecule has 0 fully saturated rings. The molecule has 0 saturated heterocycles. The predicted molar refractivity (Wildman–Crippen MR) is 102 cm³/mol. The molecule has 0 N–H and O–H groups in total. The fourth-order valence-electron chi connectivity index (χ4n) is 2.59. The third kappa shape index (κ3) is 6.09. The Hall–Kier alpha value is -2.00. The first-order valence-corrected chi connectivity index (χ1v) is 9.06. The van der Waals surface area contributed by atoms with Crippen molar-refractivity contribution in [3.05, 3.63) is 58.1 Å². The van der Waals surface area contributed by atoms with Gasteiger partial charge in [0.1, 0.15) is 11.5 Å². The zero-order valence-electron chi connectivity index (χ0n) is 15.1. The van der Waals surface area contributed by atoms with Crippen LogP contribution in [0, 0.1) is 13.8 Å². The van der Waals surface area contributed by atoms with Gasteiger partial charge >= 0.3 is 5.97 Å². The van der Waals surface area contributed by atoms with Crippen molar-refractivity contribution in [3.8, 4) is 11.5 Å². The molecule has 2 aromatic carbocycles. The molecule has 0 aliphatic heterocycles. The third-order valence-corrected chi connectivity index (χ3v) is 4.49. The highest BCUT2D eigenvalue weighted by Gasteiger charge is 2.07. The molecule has 0 atom stereocenters. The summed E-state index contributed by atoms with van der Waals surface area (Å²) < 4.78 is 11.0. The normalized spacial score (nSPS) is 10.6. The molecule has 0 aromatic heterocycles. The van der Waals surface area contributed by atoms with Gasteiger partial charge in [0.05, 0.1) is 6.61 Å². The van der Waals surface area contributed by atoms with Crippen molar-refractivity contribution in [1.29, 1.82) is 0 Å². The molecular weight excluding hydrogens is 336 g/mol. The number of hydrogen-bond acceptors (Lipinski definition) is 3. The first-order valence-electron chi connectivity index (χ1n) is 8.68.